The molecule has 0 aliphatic heterocycles. The second kappa shape index (κ2) is 4.47. The van der Waals surface area contributed by atoms with Gasteiger partial charge in [0.05, 0.1) is 0 Å². The van der Waals surface area contributed by atoms with Gasteiger partial charge in [0.15, 0.2) is 5.82 Å². The van der Waals surface area contributed by atoms with Crippen molar-refractivity contribution in [1.82, 2.24) is 15.0 Å². The molecule has 4 N–H and O–H groups in total. The van der Waals surface area contributed by atoms with Crippen LogP contribution < -0.4 is 11.5 Å². The van der Waals surface area contributed by atoms with Crippen molar-refractivity contribution < 1.29 is 0 Å². The maximum atomic E-state index is 5.80. The molecule has 0 amide bonds. The Morgan fingerprint density at radius 1 is 1.12 bits per heavy atom. The number of pyridine rings is 1. The molecule has 2 heterocycles. The topological polar surface area (TPSA) is 90.7 Å². The largest absolute Gasteiger partial charge is 0.383 e. The van der Waals surface area contributed by atoms with E-state index >= 15 is 0 Å². The molecular formula is C12H15N5. The number of nitrogen functional groups attached to an aromatic ring is 1. The van der Waals surface area contributed by atoms with E-state index in [1.165, 1.54) is 0 Å². The Kier molecular flexibility index (Phi) is 3.01. The summed E-state index contributed by atoms with van der Waals surface area (Å²) in [5, 5.41) is 0. The number of aromatic nitrogens is 3. The number of nitrogens with two attached hydrogens (primary N) is 2. The average molecular weight is 229 g/mol. The molecule has 0 unspecified atom stereocenters. The van der Waals surface area contributed by atoms with Crippen LogP contribution in [0.3, 0.4) is 0 Å². The lowest BCUT2D eigenvalue weighted by molar-refractivity contribution is 1.02. The molecule has 0 spiro atoms. The lowest BCUT2D eigenvalue weighted by Crippen LogP contribution is -2.06. The van der Waals surface area contributed by atoms with Crippen LogP contribution in [0.25, 0.3) is 11.4 Å². The minimum Gasteiger partial charge on any atom is -0.383 e. The van der Waals surface area contributed by atoms with Crippen LogP contribution in [0.4, 0.5) is 5.82 Å². The first-order valence-corrected chi connectivity index (χ1v) is 5.37. The highest BCUT2D eigenvalue weighted by molar-refractivity contribution is 5.58. The first-order chi connectivity index (χ1) is 8.10. The highest BCUT2D eigenvalue weighted by Crippen LogP contribution is 2.18. The summed E-state index contributed by atoms with van der Waals surface area (Å²) in [7, 11) is 0. The summed E-state index contributed by atoms with van der Waals surface area (Å²) < 4.78 is 0. The van der Waals surface area contributed by atoms with E-state index in [1.54, 1.807) is 6.20 Å². The predicted octanol–water partition coefficient (Wildman–Crippen LogP) is 1.20. The van der Waals surface area contributed by atoms with Gasteiger partial charge in [0.1, 0.15) is 5.82 Å². The van der Waals surface area contributed by atoms with Crippen molar-refractivity contribution in [3.05, 3.63) is 35.3 Å². The van der Waals surface area contributed by atoms with E-state index in [0.717, 1.165) is 22.5 Å². The summed E-state index contributed by atoms with van der Waals surface area (Å²) >= 11 is 0. The quantitative estimate of drug-likeness (QED) is 0.807. The number of hydrogen-bond donors (Lipinski definition) is 2. The summed E-state index contributed by atoms with van der Waals surface area (Å²) in [4.78, 5) is 12.8. The first kappa shape index (κ1) is 11.5. The Hall–Kier alpha value is -2.01. The van der Waals surface area contributed by atoms with Gasteiger partial charge in [0, 0.05) is 35.3 Å². The van der Waals surface area contributed by atoms with Crippen molar-refractivity contribution in [3.63, 3.8) is 0 Å². The molecule has 0 atom stereocenters. The minimum atomic E-state index is 0.348. The van der Waals surface area contributed by atoms with Crippen LogP contribution in [0.1, 0.15) is 17.0 Å². The summed E-state index contributed by atoms with van der Waals surface area (Å²) in [5.74, 6) is 1.04. The summed E-state index contributed by atoms with van der Waals surface area (Å²) in [6, 6.07) is 3.87. The van der Waals surface area contributed by atoms with Crippen LogP contribution >= 0.6 is 0 Å². The monoisotopic (exact) mass is 229 g/mol. The van der Waals surface area contributed by atoms with Gasteiger partial charge in [-0.1, -0.05) is 0 Å². The third-order valence-electron chi connectivity index (χ3n) is 2.46. The van der Waals surface area contributed by atoms with Crippen molar-refractivity contribution in [2.24, 2.45) is 5.73 Å². The zero-order valence-electron chi connectivity index (χ0n) is 9.94. The van der Waals surface area contributed by atoms with Gasteiger partial charge in [-0.25, -0.2) is 9.97 Å². The van der Waals surface area contributed by atoms with Crippen LogP contribution in [0.5, 0.6) is 0 Å². The Bertz CT molecular complexity index is 530. The normalized spacial score (nSPS) is 10.5. The van der Waals surface area contributed by atoms with Crippen molar-refractivity contribution in [2.45, 2.75) is 20.4 Å². The lowest BCUT2D eigenvalue weighted by atomic mass is 10.2. The number of rotatable bonds is 2. The van der Waals surface area contributed by atoms with Gasteiger partial charge >= 0.3 is 0 Å². The van der Waals surface area contributed by atoms with Crippen molar-refractivity contribution in [2.75, 3.05) is 5.73 Å². The fraction of sp³-hybridized carbons (Fsp3) is 0.250. The molecule has 5 heteroatoms. The fourth-order valence-corrected chi connectivity index (χ4v) is 1.68. The Morgan fingerprint density at radius 3 is 2.29 bits per heavy atom. The Balaban J connectivity index is 2.49. The molecular weight excluding hydrogens is 214 g/mol. The molecule has 0 aliphatic rings. The molecule has 0 aliphatic carbocycles. The van der Waals surface area contributed by atoms with Gasteiger partial charge in [-0.05, 0) is 26.0 Å². The molecule has 5 nitrogen and oxygen atoms in total. The maximum absolute atomic E-state index is 5.80. The maximum Gasteiger partial charge on any atom is 0.161 e. The van der Waals surface area contributed by atoms with E-state index < -0.39 is 0 Å². The van der Waals surface area contributed by atoms with Crippen LogP contribution in [-0.4, -0.2) is 15.0 Å². The molecule has 2 rings (SSSR count). The van der Waals surface area contributed by atoms with E-state index in [9.17, 15) is 0 Å². The van der Waals surface area contributed by atoms with E-state index in [-0.39, 0.29) is 0 Å². The van der Waals surface area contributed by atoms with Crippen LogP contribution in [0.2, 0.25) is 0 Å². The summed E-state index contributed by atoms with van der Waals surface area (Å²) in [5.41, 5.74) is 14.9. The minimum absolute atomic E-state index is 0.348. The zero-order valence-corrected chi connectivity index (χ0v) is 9.94. The lowest BCUT2D eigenvalue weighted by Gasteiger charge is -2.06. The van der Waals surface area contributed by atoms with Gasteiger partial charge in [-0.2, -0.15) is 0 Å². The molecule has 0 aromatic carbocycles. The average Bonchev–Trinajstić information content (AvgIpc) is 2.27. The number of anilines is 1. The van der Waals surface area contributed by atoms with Gasteiger partial charge in [0.2, 0.25) is 0 Å². The first-order valence-electron chi connectivity index (χ1n) is 5.37. The van der Waals surface area contributed by atoms with Crippen molar-refractivity contribution >= 4 is 5.82 Å². The third-order valence-corrected chi connectivity index (χ3v) is 2.46. The van der Waals surface area contributed by atoms with Gasteiger partial charge in [-0.15, -0.1) is 0 Å². The number of aryl methyl sites for hydroxylation is 2. The standard InChI is InChI=1S/C12H15N5/c1-7-3-9(4-8(2)16-7)12-15-6-10(5-13)11(14)17-12/h3-4,6H,5,13H2,1-2H3,(H2,14,15,17). The molecule has 2 aromatic rings. The smallest absolute Gasteiger partial charge is 0.161 e. The highest BCUT2D eigenvalue weighted by atomic mass is 14.9. The highest BCUT2D eigenvalue weighted by Gasteiger charge is 2.06. The molecule has 0 fully saturated rings. The zero-order chi connectivity index (χ0) is 12.4. The fourth-order valence-electron chi connectivity index (χ4n) is 1.68. The molecule has 0 saturated heterocycles. The number of nitrogens with zero attached hydrogens (tertiary/aromatic N) is 3. The van der Waals surface area contributed by atoms with E-state index in [0.29, 0.717) is 18.2 Å². The molecule has 0 bridgehead atoms. The number of hydrogen-bond acceptors (Lipinski definition) is 5. The second-order valence-electron chi connectivity index (χ2n) is 3.95. The molecule has 0 radical (unpaired) electrons. The van der Waals surface area contributed by atoms with Crippen LogP contribution in [0.15, 0.2) is 18.3 Å². The Labute approximate surface area is 99.9 Å². The van der Waals surface area contributed by atoms with Crippen molar-refractivity contribution in [3.8, 4) is 11.4 Å². The van der Waals surface area contributed by atoms with E-state index in [4.69, 9.17) is 11.5 Å². The van der Waals surface area contributed by atoms with Crippen LogP contribution in [-0.2, 0) is 6.54 Å². The summed E-state index contributed by atoms with van der Waals surface area (Å²) in [6.07, 6.45) is 1.67. The van der Waals surface area contributed by atoms with Gasteiger partial charge in [-0.3, -0.25) is 4.98 Å². The third kappa shape index (κ3) is 2.39. The Morgan fingerprint density at radius 2 is 1.76 bits per heavy atom. The van der Waals surface area contributed by atoms with E-state index in [1.807, 2.05) is 26.0 Å². The SMILES string of the molecule is Cc1cc(-c2ncc(CN)c(N)n2)cc(C)n1. The molecule has 17 heavy (non-hydrogen) atoms. The van der Waals surface area contributed by atoms with Crippen LogP contribution in [0, 0.1) is 13.8 Å². The molecule has 88 valence electrons. The second-order valence-corrected chi connectivity index (χ2v) is 3.95. The van der Waals surface area contributed by atoms with Gasteiger partial charge < -0.3 is 11.5 Å². The van der Waals surface area contributed by atoms with Gasteiger partial charge in [0.25, 0.3) is 0 Å². The molecule has 0 saturated carbocycles. The van der Waals surface area contributed by atoms with E-state index in [2.05, 4.69) is 15.0 Å². The van der Waals surface area contributed by atoms with Crippen molar-refractivity contribution in [1.29, 1.82) is 0 Å². The molecule has 2 aromatic heterocycles. The predicted molar refractivity (Wildman–Crippen MR) is 67.0 cm³/mol. The summed E-state index contributed by atoms with van der Waals surface area (Å²) in [6.45, 7) is 4.22.